The van der Waals surface area contributed by atoms with Crippen LogP contribution in [0.3, 0.4) is 0 Å². The maximum absolute atomic E-state index is 12.5. The van der Waals surface area contributed by atoms with Gasteiger partial charge in [-0.2, -0.15) is 4.72 Å². The number of benzene rings is 2. The Morgan fingerprint density at radius 3 is 2.32 bits per heavy atom. The molecule has 0 amide bonds. The molecular formula is C23H25IN4O5S. The van der Waals surface area contributed by atoms with Crippen molar-refractivity contribution in [2.24, 2.45) is 0 Å². The molecule has 2 atom stereocenters. The Hall–Kier alpha value is -2.58. The van der Waals surface area contributed by atoms with E-state index in [0.717, 1.165) is 21.2 Å². The highest BCUT2D eigenvalue weighted by Crippen LogP contribution is 2.15. The molecule has 3 aromatic rings. The molecule has 3 rings (SSSR count). The molecule has 11 heteroatoms. The second kappa shape index (κ2) is 11.7. The average molecular weight is 596 g/mol. The number of sulfonamides is 1. The third kappa shape index (κ3) is 7.46. The number of carboxylic acid groups (broad SMARTS) is 1. The third-order valence-corrected chi connectivity index (χ3v) is 7.24. The normalized spacial score (nSPS) is 13.4. The number of rotatable bonds is 11. The van der Waals surface area contributed by atoms with Crippen molar-refractivity contribution >= 4 is 44.4 Å². The van der Waals surface area contributed by atoms with Crippen LogP contribution in [0, 0.1) is 3.57 Å². The molecule has 0 saturated heterocycles. The monoisotopic (exact) mass is 596 g/mol. The fraction of sp³-hybridized carbons (Fsp3) is 0.217. The number of nitrogen functional groups attached to an aromatic ring is 1. The lowest BCUT2D eigenvalue weighted by atomic mass is 10.0. The van der Waals surface area contributed by atoms with E-state index in [-0.39, 0.29) is 11.4 Å². The van der Waals surface area contributed by atoms with Crippen LogP contribution in [0.2, 0.25) is 0 Å². The molecule has 9 nitrogen and oxygen atoms in total. The number of pyridine rings is 1. The maximum Gasteiger partial charge on any atom is 0.323 e. The molecule has 0 aliphatic carbocycles. The number of carboxylic acids is 1. The van der Waals surface area contributed by atoms with Crippen molar-refractivity contribution in [2.75, 3.05) is 12.3 Å². The number of hydrogen-bond acceptors (Lipinski definition) is 7. The van der Waals surface area contributed by atoms with Crippen LogP contribution in [0.5, 0.6) is 0 Å². The van der Waals surface area contributed by atoms with Gasteiger partial charge < -0.3 is 15.9 Å². The average Bonchev–Trinajstić information content (AvgIpc) is 2.80. The number of aliphatic hydroxyl groups is 1. The fourth-order valence-corrected chi connectivity index (χ4v) is 4.72. The van der Waals surface area contributed by atoms with E-state index < -0.39 is 28.3 Å². The zero-order valence-electron chi connectivity index (χ0n) is 18.1. The van der Waals surface area contributed by atoms with Crippen molar-refractivity contribution in [2.45, 2.75) is 30.0 Å². The van der Waals surface area contributed by atoms with Crippen LogP contribution >= 0.6 is 22.6 Å². The number of nitrogens with two attached hydrogens (primary N) is 1. The molecular weight excluding hydrogens is 571 g/mol. The smallest absolute Gasteiger partial charge is 0.323 e. The summed E-state index contributed by atoms with van der Waals surface area (Å²) in [5.41, 5.74) is 8.14. The van der Waals surface area contributed by atoms with Crippen molar-refractivity contribution in [3.8, 4) is 0 Å². The van der Waals surface area contributed by atoms with Gasteiger partial charge in [0.1, 0.15) is 18.1 Å². The van der Waals surface area contributed by atoms with Gasteiger partial charge in [0.25, 0.3) is 0 Å². The van der Waals surface area contributed by atoms with E-state index in [1.54, 1.807) is 30.3 Å². The summed E-state index contributed by atoms with van der Waals surface area (Å²) in [5.74, 6) is -0.887. The first-order valence-corrected chi connectivity index (χ1v) is 12.9. The summed E-state index contributed by atoms with van der Waals surface area (Å²) in [7, 11) is -4.04. The van der Waals surface area contributed by atoms with Gasteiger partial charge in [-0.25, -0.2) is 13.4 Å². The second-order valence-corrected chi connectivity index (χ2v) is 10.5. The first kappa shape index (κ1) is 26.0. The summed E-state index contributed by atoms with van der Waals surface area (Å²) in [6.07, 6.45) is 0.280. The Morgan fingerprint density at radius 1 is 1.03 bits per heavy atom. The van der Waals surface area contributed by atoms with E-state index in [2.05, 4.69) is 15.0 Å². The van der Waals surface area contributed by atoms with Crippen LogP contribution in [0.1, 0.15) is 23.0 Å². The molecule has 1 aromatic heterocycles. The number of halogens is 1. The van der Waals surface area contributed by atoms with Crippen LogP contribution in [-0.4, -0.2) is 42.2 Å². The molecule has 2 aromatic carbocycles. The van der Waals surface area contributed by atoms with Gasteiger partial charge in [0.15, 0.2) is 0 Å². The second-order valence-electron chi connectivity index (χ2n) is 7.57. The number of anilines is 1. The lowest BCUT2D eigenvalue weighted by Gasteiger charge is -2.19. The van der Waals surface area contributed by atoms with E-state index in [0.29, 0.717) is 17.8 Å². The summed E-state index contributed by atoms with van der Waals surface area (Å²) >= 11 is 2.04. The number of nitrogens with zero attached hydrogens (tertiary/aromatic N) is 1. The van der Waals surface area contributed by atoms with E-state index in [1.807, 2.05) is 46.9 Å². The first-order valence-electron chi connectivity index (χ1n) is 10.4. The van der Waals surface area contributed by atoms with Gasteiger partial charge in [0.2, 0.25) is 10.0 Å². The molecule has 0 aliphatic rings. The maximum atomic E-state index is 12.5. The Morgan fingerprint density at radius 2 is 1.71 bits per heavy atom. The van der Waals surface area contributed by atoms with Gasteiger partial charge in [-0.1, -0.05) is 30.3 Å². The summed E-state index contributed by atoms with van der Waals surface area (Å²) in [6.45, 7) is -0.317. The van der Waals surface area contributed by atoms with Gasteiger partial charge in [0.05, 0.1) is 4.90 Å². The highest BCUT2D eigenvalue weighted by atomic mass is 127. The van der Waals surface area contributed by atoms with Crippen molar-refractivity contribution in [3.05, 3.63) is 87.1 Å². The Kier molecular flexibility index (Phi) is 8.97. The molecule has 1 unspecified atom stereocenters. The lowest BCUT2D eigenvalue weighted by Crippen LogP contribution is -2.47. The highest BCUT2D eigenvalue weighted by Gasteiger charge is 2.26. The molecule has 6 N–H and O–H groups in total. The molecule has 0 saturated carbocycles. The molecule has 0 aliphatic heterocycles. The molecule has 0 radical (unpaired) electrons. The van der Waals surface area contributed by atoms with Crippen molar-refractivity contribution in [1.29, 1.82) is 0 Å². The number of aliphatic hydroxyl groups excluding tert-OH is 1. The molecule has 34 heavy (non-hydrogen) atoms. The molecule has 0 spiro atoms. The molecule has 0 fully saturated rings. The zero-order valence-corrected chi connectivity index (χ0v) is 21.0. The topological polar surface area (TPSA) is 155 Å². The summed E-state index contributed by atoms with van der Waals surface area (Å²) in [6, 6.07) is 17.2. The van der Waals surface area contributed by atoms with E-state index in [1.165, 1.54) is 12.1 Å². The fourth-order valence-electron chi connectivity index (χ4n) is 3.17. The van der Waals surface area contributed by atoms with Gasteiger partial charge in [-0.15, -0.1) is 0 Å². The van der Waals surface area contributed by atoms with Gasteiger partial charge in [-0.3, -0.25) is 10.1 Å². The minimum atomic E-state index is -4.04. The van der Waals surface area contributed by atoms with E-state index in [9.17, 15) is 23.4 Å². The standard InChI is InChI=1S/C23H25IN4O5S/c24-17-9-12-19(13-10-17)34(32,33)28-20(23(30)31)14-26-22(29)16-7-4-15(5-8-16)6-11-18-2-1-3-21(25)27-18/h1-5,7-10,12-13,20,22,26,28-29H,6,11,14H2,(H2,25,27)(H,30,31)/t20-,22?/m1/s1. The summed E-state index contributed by atoms with van der Waals surface area (Å²) in [4.78, 5) is 15.8. The number of carbonyl (C=O) groups is 1. The van der Waals surface area contributed by atoms with Crippen LogP contribution in [0.25, 0.3) is 0 Å². The number of aromatic nitrogens is 1. The Bertz CT molecular complexity index is 1220. The van der Waals surface area contributed by atoms with Crippen molar-refractivity contribution < 1.29 is 23.4 Å². The largest absolute Gasteiger partial charge is 0.480 e. The first-order chi connectivity index (χ1) is 16.1. The number of aryl methyl sites for hydroxylation is 2. The highest BCUT2D eigenvalue weighted by molar-refractivity contribution is 14.1. The number of nitrogens with one attached hydrogen (secondary N) is 2. The Balaban J connectivity index is 1.56. The SMILES string of the molecule is Nc1cccc(CCc2ccc(C(O)NC[C@@H](NS(=O)(=O)c3ccc(I)cc3)C(=O)O)cc2)n1. The summed E-state index contributed by atoms with van der Waals surface area (Å²) < 4.78 is 28.0. The van der Waals surface area contributed by atoms with Crippen LogP contribution < -0.4 is 15.8 Å². The molecule has 1 heterocycles. The molecule has 0 bridgehead atoms. The van der Waals surface area contributed by atoms with Crippen LogP contribution in [0.4, 0.5) is 5.82 Å². The van der Waals surface area contributed by atoms with Gasteiger partial charge >= 0.3 is 5.97 Å². The lowest BCUT2D eigenvalue weighted by molar-refractivity contribution is -0.139. The van der Waals surface area contributed by atoms with Crippen LogP contribution in [0.15, 0.2) is 71.6 Å². The minimum Gasteiger partial charge on any atom is -0.480 e. The quantitative estimate of drug-likeness (QED) is 0.167. The third-order valence-electron chi connectivity index (χ3n) is 5.03. The van der Waals surface area contributed by atoms with Crippen molar-refractivity contribution in [1.82, 2.24) is 15.0 Å². The predicted molar refractivity (Wildman–Crippen MR) is 136 cm³/mol. The minimum absolute atomic E-state index is 0.0382. The van der Waals surface area contributed by atoms with E-state index >= 15 is 0 Å². The van der Waals surface area contributed by atoms with Crippen molar-refractivity contribution in [3.63, 3.8) is 0 Å². The predicted octanol–water partition coefficient (Wildman–Crippen LogP) is 2.07. The summed E-state index contributed by atoms with van der Waals surface area (Å²) in [5, 5.41) is 22.5. The number of aliphatic carboxylic acids is 1. The zero-order chi connectivity index (χ0) is 24.7. The molecule has 180 valence electrons. The number of hydrogen-bond donors (Lipinski definition) is 5. The van der Waals surface area contributed by atoms with Gasteiger partial charge in [-0.05, 0) is 83.0 Å². The van der Waals surface area contributed by atoms with Gasteiger partial charge in [0, 0.05) is 15.8 Å². The van der Waals surface area contributed by atoms with E-state index in [4.69, 9.17) is 5.73 Å². The Labute approximate surface area is 211 Å². The van der Waals surface area contributed by atoms with Crippen LogP contribution in [-0.2, 0) is 27.7 Å².